The highest BCUT2D eigenvalue weighted by Crippen LogP contribution is 2.38. The zero-order chi connectivity index (χ0) is 13.7. The van der Waals surface area contributed by atoms with Crippen LogP contribution >= 0.6 is 23.5 Å². The first-order valence-electron chi connectivity index (χ1n) is 6.94. The van der Waals surface area contributed by atoms with Crippen LogP contribution in [0, 0.1) is 5.82 Å². The highest BCUT2D eigenvalue weighted by molar-refractivity contribution is 8.07. The van der Waals surface area contributed by atoms with E-state index in [2.05, 4.69) is 19.2 Å². The maximum absolute atomic E-state index is 13.5. The van der Waals surface area contributed by atoms with Crippen molar-refractivity contribution in [2.75, 3.05) is 18.1 Å². The van der Waals surface area contributed by atoms with E-state index < -0.39 is 0 Å². The third-order valence-corrected chi connectivity index (χ3v) is 6.58. The van der Waals surface area contributed by atoms with Gasteiger partial charge in [-0.2, -0.15) is 23.5 Å². The highest BCUT2D eigenvalue weighted by atomic mass is 32.2. The second-order valence-corrected chi connectivity index (χ2v) is 7.67. The molecule has 2 rings (SSSR count). The van der Waals surface area contributed by atoms with Gasteiger partial charge in [-0.25, -0.2) is 4.39 Å². The van der Waals surface area contributed by atoms with E-state index >= 15 is 0 Å². The molecule has 1 heterocycles. The van der Waals surface area contributed by atoms with Gasteiger partial charge in [0.25, 0.3) is 0 Å². The van der Waals surface area contributed by atoms with E-state index in [0.717, 1.165) is 18.5 Å². The molecule has 1 nitrogen and oxygen atoms in total. The standard InChI is InChI=1S/C15H22FNS2/c1-3-7-17-14(12-5-4-6-13(16)10-12)15-11(2)18-8-9-19-15/h4-6,10-11,14-15,17H,3,7-9H2,1-2H3. The summed E-state index contributed by atoms with van der Waals surface area (Å²) in [6.45, 7) is 5.44. The number of benzene rings is 1. The summed E-state index contributed by atoms with van der Waals surface area (Å²) in [4.78, 5) is 0. The van der Waals surface area contributed by atoms with Gasteiger partial charge in [-0.15, -0.1) is 0 Å². The molecule has 0 saturated carbocycles. The topological polar surface area (TPSA) is 12.0 Å². The maximum atomic E-state index is 13.5. The summed E-state index contributed by atoms with van der Waals surface area (Å²) in [5.41, 5.74) is 1.08. The lowest BCUT2D eigenvalue weighted by Crippen LogP contribution is -2.38. The van der Waals surface area contributed by atoms with Gasteiger partial charge in [0.05, 0.1) is 0 Å². The number of hydrogen-bond acceptors (Lipinski definition) is 3. The molecule has 0 aliphatic carbocycles. The molecule has 3 unspecified atom stereocenters. The summed E-state index contributed by atoms with van der Waals surface area (Å²) in [6.07, 6.45) is 1.10. The van der Waals surface area contributed by atoms with E-state index in [1.165, 1.54) is 17.6 Å². The van der Waals surface area contributed by atoms with Crippen molar-refractivity contribution in [3.05, 3.63) is 35.6 Å². The molecule has 1 aromatic rings. The molecule has 1 aliphatic heterocycles. The minimum Gasteiger partial charge on any atom is -0.309 e. The van der Waals surface area contributed by atoms with E-state index in [1.807, 2.05) is 35.7 Å². The van der Waals surface area contributed by atoms with Crippen LogP contribution in [0.1, 0.15) is 31.9 Å². The summed E-state index contributed by atoms with van der Waals surface area (Å²) in [5, 5.41) is 4.74. The summed E-state index contributed by atoms with van der Waals surface area (Å²) >= 11 is 4.06. The largest absolute Gasteiger partial charge is 0.309 e. The quantitative estimate of drug-likeness (QED) is 0.879. The first kappa shape index (κ1) is 15.2. The first-order chi connectivity index (χ1) is 9.22. The maximum Gasteiger partial charge on any atom is 0.123 e. The Balaban J connectivity index is 2.19. The van der Waals surface area contributed by atoms with Gasteiger partial charge in [-0.05, 0) is 30.7 Å². The lowest BCUT2D eigenvalue weighted by Gasteiger charge is -2.35. The van der Waals surface area contributed by atoms with Gasteiger partial charge in [0, 0.05) is 28.0 Å². The van der Waals surface area contributed by atoms with Crippen LogP contribution in [0.3, 0.4) is 0 Å². The van der Waals surface area contributed by atoms with E-state index in [1.54, 1.807) is 6.07 Å². The third-order valence-electron chi connectivity index (χ3n) is 3.39. The lowest BCUT2D eigenvalue weighted by atomic mass is 10.0. The fourth-order valence-corrected chi connectivity index (χ4v) is 5.39. The Morgan fingerprint density at radius 3 is 2.84 bits per heavy atom. The second-order valence-electron chi connectivity index (χ2n) is 4.90. The lowest BCUT2D eigenvalue weighted by molar-refractivity contribution is 0.505. The average Bonchev–Trinajstić information content (AvgIpc) is 2.41. The van der Waals surface area contributed by atoms with Crippen LogP contribution in [0.2, 0.25) is 0 Å². The normalized spacial score (nSPS) is 25.2. The van der Waals surface area contributed by atoms with E-state index in [-0.39, 0.29) is 11.9 Å². The highest BCUT2D eigenvalue weighted by Gasteiger charge is 2.31. The molecule has 0 bridgehead atoms. The molecule has 0 amide bonds. The predicted molar refractivity (Wildman–Crippen MR) is 85.6 cm³/mol. The van der Waals surface area contributed by atoms with Crippen molar-refractivity contribution in [3.8, 4) is 0 Å². The molecule has 1 N–H and O–H groups in total. The molecule has 0 spiro atoms. The SMILES string of the molecule is CCCNC(c1cccc(F)c1)C1SCCSC1C. The number of thioether (sulfide) groups is 2. The monoisotopic (exact) mass is 299 g/mol. The van der Waals surface area contributed by atoms with Gasteiger partial charge >= 0.3 is 0 Å². The van der Waals surface area contributed by atoms with E-state index in [9.17, 15) is 4.39 Å². The van der Waals surface area contributed by atoms with Crippen LogP contribution in [0.15, 0.2) is 24.3 Å². The van der Waals surface area contributed by atoms with Gasteiger partial charge in [-0.3, -0.25) is 0 Å². The van der Waals surface area contributed by atoms with Gasteiger partial charge < -0.3 is 5.32 Å². The van der Waals surface area contributed by atoms with Crippen LogP contribution in [0.4, 0.5) is 4.39 Å². The minimum atomic E-state index is -0.137. The van der Waals surface area contributed by atoms with E-state index in [0.29, 0.717) is 10.5 Å². The Hall–Kier alpha value is -0.190. The van der Waals surface area contributed by atoms with Crippen LogP contribution < -0.4 is 5.32 Å². The minimum absolute atomic E-state index is 0.137. The Labute approximate surface area is 124 Å². The summed E-state index contributed by atoms with van der Waals surface area (Å²) in [5.74, 6) is 2.28. The first-order valence-corrected chi connectivity index (χ1v) is 9.04. The Morgan fingerprint density at radius 2 is 2.16 bits per heavy atom. The summed E-state index contributed by atoms with van der Waals surface area (Å²) < 4.78 is 13.5. The molecule has 1 aliphatic rings. The zero-order valence-corrected chi connectivity index (χ0v) is 13.2. The Bertz CT molecular complexity index is 399. The van der Waals surface area contributed by atoms with E-state index in [4.69, 9.17) is 0 Å². The van der Waals surface area contributed by atoms with Crippen LogP contribution in [0.5, 0.6) is 0 Å². The zero-order valence-electron chi connectivity index (χ0n) is 11.6. The van der Waals surface area contributed by atoms with Crippen LogP contribution in [0.25, 0.3) is 0 Å². The molecule has 106 valence electrons. The molecule has 1 aromatic carbocycles. The fourth-order valence-electron chi connectivity index (χ4n) is 2.44. The summed E-state index contributed by atoms with van der Waals surface area (Å²) in [6, 6.07) is 7.31. The summed E-state index contributed by atoms with van der Waals surface area (Å²) in [7, 11) is 0. The van der Waals surface area contributed by atoms with Crippen molar-refractivity contribution in [1.82, 2.24) is 5.32 Å². The van der Waals surface area contributed by atoms with Crippen molar-refractivity contribution in [2.24, 2.45) is 0 Å². The van der Waals surface area contributed by atoms with Gasteiger partial charge in [0.2, 0.25) is 0 Å². The predicted octanol–water partition coefficient (Wildman–Crippen LogP) is 4.10. The molecule has 1 saturated heterocycles. The molecule has 3 atom stereocenters. The second kappa shape index (κ2) is 7.55. The van der Waals surface area contributed by atoms with Gasteiger partial charge in [-0.1, -0.05) is 26.0 Å². The number of hydrogen-bond donors (Lipinski definition) is 1. The van der Waals surface area contributed by atoms with Crippen molar-refractivity contribution < 1.29 is 4.39 Å². The number of halogens is 1. The van der Waals surface area contributed by atoms with Crippen molar-refractivity contribution in [2.45, 2.75) is 36.8 Å². The third kappa shape index (κ3) is 4.14. The van der Waals surface area contributed by atoms with Crippen molar-refractivity contribution >= 4 is 23.5 Å². The molecule has 1 fully saturated rings. The molecule has 19 heavy (non-hydrogen) atoms. The Morgan fingerprint density at radius 1 is 1.37 bits per heavy atom. The molecule has 0 aromatic heterocycles. The molecule has 0 radical (unpaired) electrons. The van der Waals surface area contributed by atoms with Crippen molar-refractivity contribution in [1.29, 1.82) is 0 Å². The number of nitrogens with one attached hydrogen (secondary N) is 1. The van der Waals surface area contributed by atoms with Crippen LogP contribution in [-0.4, -0.2) is 28.6 Å². The van der Waals surface area contributed by atoms with Crippen molar-refractivity contribution in [3.63, 3.8) is 0 Å². The smallest absolute Gasteiger partial charge is 0.123 e. The van der Waals surface area contributed by atoms with Crippen LogP contribution in [-0.2, 0) is 0 Å². The fraction of sp³-hybridized carbons (Fsp3) is 0.600. The molecular formula is C15H22FNS2. The Kier molecular flexibility index (Phi) is 6.05. The average molecular weight is 299 g/mol. The molecular weight excluding hydrogens is 277 g/mol. The number of rotatable bonds is 5. The van der Waals surface area contributed by atoms with Gasteiger partial charge in [0.15, 0.2) is 0 Å². The van der Waals surface area contributed by atoms with Gasteiger partial charge in [0.1, 0.15) is 5.82 Å². The molecule has 4 heteroatoms.